The summed E-state index contributed by atoms with van der Waals surface area (Å²) in [6.07, 6.45) is 7.90. The van der Waals surface area contributed by atoms with Crippen molar-refractivity contribution in [2.75, 3.05) is 0 Å². The highest BCUT2D eigenvalue weighted by Gasteiger charge is 2.22. The summed E-state index contributed by atoms with van der Waals surface area (Å²) in [4.78, 5) is 0. The predicted octanol–water partition coefficient (Wildman–Crippen LogP) is 4.64. The van der Waals surface area contributed by atoms with Crippen LogP contribution in [0.15, 0.2) is 0 Å². The third-order valence-corrected chi connectivity index (χ3v) is 3.88. The zero-order valence-electron chi connectivity index (χ0n) is 12.0. The fourth-order valence-electron chi connectivity index (χ4n) is 2.28. The van der Waals surface area contributed by atoms with Crippen molar-refractivity contribution in [2.45, 2.75) is 79.2 Å². The summed E-state index contributed by atoms with van der Waals surface area (Å²) >= 11 is 0. The van der Waals surface area contributed by atoms with E-state index in [-0.39, 0.29) is 6.10 Å². The van der Waals surface area contributed by atoms with Crippen molar-refractivity contribution >= 4 is 0 Å². The minimum absolute atomic E-state index is 0.134. The van der Waals surface area contributed by atoms with Crippen LogP contribution >= 0.6 is 0 Å². The Morgan fingerprint density at radius 2 is 1.44 bits per heavy atom. The molecule has 3 atom stereocenters. The van der Waals surface area contributed by atoms with E-state index >= 15 is 0 Å². The van der Waals surface area contributed by atoms with Crippen LogP contribution in [0.4, 0.5) is 0 Å². The smallest absolute Gasteiger partial charge is 0.0591 e. The van der Waals surface area contributed by atoms with Crippen LogP contribution in [0.2, 0.25) is 0 Å². The second-order valence-electron chi connectivity index (χ2n) is 5.77. The third kappa shape index (κ3) is 6.52. The van der Waals surface area contributed by atoms with Crippen LogP contribution in [-0.2, 0) is 0 Å². The third-order valence-electron chi connectivity index (χ3n) is 3.88. The zero-order chi connectivity index (χ0) is 12.6. The van der Waals surface area contributed by atoms with Crippen molar-refractivity contribution in [3.63, 3.8) is 0 Å². The van der Waals surface area contributed by atoms with Crippen LogP contribution in [0.1, 0.15) is 73.1 Å². The first-order valence-corrected chi connectivity index (χ1v) is 7.18. The summed E-state index contributed by atoms with van der Waals surface area (Å²) in [7, 11) is 0. The van der Waals surface area contributed by atoms with Crippen molar-refractivity contribution < 1.29 is 5.11 Å². The van der Waals surface area contributed by atoms with E-state index in [1.807, 2.05) is 0 Å². The summed E-state index contributed by atoms with van der Waals surface area (Å²) in [5.74, 6) is 1.47. The molecule has 0 aromatic rings. The molecule has 0 fully saturated rings. The van der Waals surface area contributed by atoms with E-state index in [1.165, 1.54) is 38.5 Å². The molecule has 0 bridgehead atoms. The minimum Gasteiger partial charge on any atom is -0.393 e. The van der Waals surface area contributed by atoms with Gasteiger partial charge in [-0.2, -0.15) is 0 Å². The summed E-state index contributed by atoms with van der Waals surface area (Å²) in [5.41, 5.74) is 0. The summed E-state index contributed by atoms with van der Waals surface area (Å²) in [6.45, 7) is 10.9. The quantitative estimate of drug-likeness (QED) is 0.570. The lowest BCUT2D eigenvalue weighted by atomic mass is 9.82. The molecule has 0 rings (SSSR count). The molecular weight excluding hydrogens is 196 g/mol. The Morgan fingerprint density at radius 1 is 0.875 bits per heavy atom. The Bertz CT molecular complexity index is 154. The molecule has 1 heteroatoms. The number of aliphatic hydroxyl groups is 1. The molecule has 0 heterocycles. The van der Waals surface area contributed by atoms with Crippen molar-refractivity contribution in [1.82, 2.24) is 0 Å². The lowest BCUT2D eigenvalue weighted by molar-refractivity contribution is 0.0453. The minimum atomic E-state index is -0.134. The fourth-order valence-corrected chi connectivity index (χ4v) is 2.28. The molecule has 1 nitrogen and oxygen atoms in total. The van der Waals surface area contributed by atoms with E-state index in [4.69, 9.17) is 0 Å². The Morgan fingerprint density at radius 3 is 1.94 bits per heavy atom. The molecule has 0 aliphatic carbocycles. The van der Waals surface area contributed by atoms with Gasteiger partial charge in [0.1, 0.15) is 0 Å². The van der Waals surface area contributed by atoms with Crippen LogP contribution in [0, 0.1) is 17.8 Å². The highest BCUT2D eigenvalue weighted by molar-refractivity contribution is 4.72. The first kappa shape index (κ1) is 16.0. The van der Waals surface area contributed by atoms with Crippen LogP contribution < -0.4 is 0 Å². The molecule has 0 spiro atoms. The van der Waals surface area contributed by atoms with Crippen molar-refractivity contribution in [3.05, 3.63) is 0 Å². The van der Waals surface area contributed by atoms with E-state index in [1.54, 1.807) is 0 Å². The molecule has 0 saturated carbocycles. The van der Waals surface area contributed by atoms with E-state index in [0.717, 1.165) is 0 Å². The summed E-state index contributed by atoms with van der Waals surface area (Å²) in [5, 5.41) is 10.0. The molecule has 0 aliphatic rings. The zero-order valence-corrected chi connectivity index (χ0v) is 12.0. The summed E-state index contributed by atoms with van der Waals surface area (Å²) < 4.78 is 0. The number of hydrogen-bond acceptors (Lipinski definition) is 1. The Balaban J connectivity index is 3.66. The largest absolute Gasteiger partial charge is 0.393 e. The predicted molar refractivity (Wildman–Crippen MR) is 72.5 cm³/mol. The van der Waals surface area contributed by atoms with Gasteiger partial charge in [-0.1, -0.05) is 73.1 Å². The number of hydrogen-bond donors (Lipinski definition) is 1. The van der Waals surface area contributed by atoms with Gasteiger partial charge in [-0.3, -0.25) is 0 Å². The molecule has 0 aromatic heterocycles. The van der Waals surface area contributed by atoms with Gasteiger partial charge in [-0.15, -0.1) is 0 Å². The molecular formula is C15H32O. The molecule has 1 N–H and O–H groups in total. The van der Waals surface area contributed by atoms with Gasteiger partial charge in [0.2, 0.25) is 0 Å². The fraction of sp³-hybridized carbons (Fsp3) is 1.00. The van der Waals surface area contributed by atoms with Crippen LogP contribution in [0.5, 0.6) is 0 Å². The van der Waals surface area contributed by atoms with E-state index in [0.29, 0.717) is 17.8 Å². The van der Waals surface area contributed by atoms with E-state index < -0.39 is 0 Å². The average molecular weight is 228 g/mol. The van der Waals surface area contributed by atoms with Crippen LogP contribution in [0.25, 0.3) is 0 Å². The van der Waals surface area contributed by atoms with Gasteiger partial charge in [-0.05, 0) is 17.8 Å². The molecule has 98 valence electrons. The molecule has 0 radical (unpaired) electrons. The normalized spacial score (nSPS) is 17.4. The average Bonchev–Trinajstić information content (AvgIpc) is 2.26. The van der Waals surface area contributed by atoms with E-state index in [2.05, 4.69) is 34.6 Å². The standard InChI is InChI=1S/C15H32O/c1-6-7-8-9-10-11-13(4)14(5)15(16)12(2)3/h12-16H,6-11H2,1-5H3. The SMILES string of the molecule is CCCCCCCC(C)C(C)C(O)C(C)C. The maximum atomic E-state index is 10.0. The first-order chi connectivity index (χ1) is 7.50. The topological polar surface area (TPSA) is 20.2 Å². The lowest BCUT2D eigenvalue weighted by Crippen LogP contribution is -2.28. The van der Waals surface area contributed by atoms with Crippen molar-refractivity contribution in [2.24, 2.45) is 17.8 Å². The molecule has 0 aromatic carbocycles. The Hall–Kier alpha value is -0.0400. The Labute approximate surface area is 103 Å². The maximum absolute atomic E-state index is 10.0. The highest BCUT2D eigenvalue weighted by Crippen LogP contribution is 2.25. The number of aliphatic hydroxyl groups excluding tert-OH is 1. The second-order valence-corrected chi connectivity index (χ2v) is 5.77. The van der Waals surface area contributed by atoms with Crippen molar-refractivity contribution in [1.29, 1.82) is 0 Å². The Kier molecular flexibility index (Phi) is 9.02. The maximum Gasteiger partial charge on any atom is 0.0591 e. The molecule has 0 saturated heterocycles. The summed E-state index contributed by atoms with van der Waals surface area (Å²) in [6, 6.07) is 0. The van der Waals surface area contributed by atoms with Crippen LogP contribution in [-0.4, -0.2) is 11.2 Å². The highest BCUT2D eigenvalue weighted by atomic mass is 16.3. The van der Waals surface area contributed by atoms with Gasteiger partial charge in [-0.25, -0.2) is 0 Å². The van der Waals surface area contributed by atoms with Crippen LogP contribution in [0.3, 0.4) is 0 Å². The van der Waals surface area contributed by atoms with Gasteiger partial charge in [0.25, 0.3) is 0 Å². The molecule has 0 amide bonds. The van der Waals surface area contributed by atoms with Gasteiger partial charge < -0.3 is 5.11 Å². The number of unbranched alkanes of at least 4 members (excludes halogenated alkanes) is 4. The molecule has 3 unspecified atom stereocenters. The van der Waals surface area contributed by atoms with Crippen molar-refractivity contribution in [3.8, 4) is 0 Å². The second kappa shape index (κ2) is 9.04. The monoisotopic (exact) mass is 228 g/mol. The number of rotatable bonds is 9. The molecule has 16 heavy (non-hydrogen) atoms. The lowest BCUT2D eigenvalue weighted by Gasteiger charge is -2.27. The molecule has 0 aliphatic heterocycles. The van der Waals surface area contributed by atoms with Gasteiger partial charge in [0.15, 0.2) is 0 Å². The van der Waals surface area contributed by atoms with Gasteiger partial charge >= 0.3 is 0 Å². The van der Waals surface area contributed by atoms with Gasteiger partial charge in [0.05, 0.1) is 6.10 Å². The van der Waals surface area contributed by atoms with E-state index in [9.17, 15) is 5.11 Å². The van der Waals surface area contributed by atoms with Gasteiger partial charge in [0, 0.05) is 0 Å². The first-order valence-electron chi connectivity index (χ1n) is 7.18.